The fourth-order valence-electron chi connectivity index (χ4n) is 2.09. The molecular weight excluding hydrogens is 292 g/mol. The molecule has 3 rings (SSSR count). The van der Waals surface area contributed by atoms with Crippen LogP contribution in [0.5, 0.6) is 11.6 Å². The molecule has 0 atom stereocenters. The van der Waals surface area contributed by atoms with Crippen molar-refractivity contribution in [2.75, 3.05) is 5.32 Å². The van der Waals surface area contributed by atoms with Gasteiger partial charge in [-0.15, -0.1) is 0 Å². The molecule has 2 heterocycles. The zero-order valence-corrected chi connectivity index (χ0v) is 12.9. The Morgan fingerprint density at radius 3 is 2.83 bits per heavy atom. The van der Waals surface area contributed by atoms with E-state index < -0.39 is 0 Å². The molecule has 0 bridgehead atoms. The molecule has 5 heteroatoms. The molecule has 116 valence electrons. The Bertz CT molecular complexity index is 826. The molecule has 0 radical (unpaired) electrons. The molecule has 3 aromatic rings. The molecule has 0 aliphatic carbocycles. The molecule has 0 unspecified atom stereocenters. The third kappa shape index (κ3) is 3.23. The van der Waals surface area contributed by atoms with Crippen LogP contribution in [0.4, 0.5) is 5.69 Å². The number of pyridine rings is 1. The van der Waals surface area contributed by atoms with Gasteiger partial charge >= 0.3 is 0 Å². The lowest BCUT2D eigenvalue weighted by atomic mass is 10.1. The molecule has 5 nitrogen and oxygen atoms in total. The van der Waals surface area contributed by atoms with Gasteiger partial charge in [0.25, 0.3) is 5.91 Å². The molecule has 1 aromatic carbocycles. The summed E-state index contributed by atoms with van der Waals surface area (Å²) in [6.45, 7) is 4.00. The maximum absolute atomic E-state index is 12.1. The lowest BCUT2D eigenvalue weighted by Gasteiger charge is -2.13. The number of nitrogens with zero attached hydrogens (tertiary/aromatic N) is 1. The van der Waals surface area contributed by atoms with Crippen molar-refractivity contribution in [3.63, 3.8) is 0 Å². The number of amides is 1. The molecule has 0 fully saturated rings. The highest BCUT2D eigenvalue weighted by molar-refractivity contribution is 6.04. The predicted octanol–water partition coefficient (Wildman–Crippen LogP) is 4.34. The molecule has 2 aromatic heterocycles. The summed E-state index contributed by atoms with van der Waals surface area (Å²) < 4.78 is 10.8. The highest BCUT2D eigenvalue weighted by Crippen LogP contribution is 2.30. The van der Waals surface area contributed by atoms with Crippen molar-refractivity contribution in [2.45, 2.75) is 13.8 Å². The van der Waals surface area contributed by atoms with Crippen LogP contribution in [-0.2, 0) is 0 Å². The number of benzene rings is 1. The van der Waals surface area contributed by atoms with Gasteiger partial charge in [0.2, 0.25) is 5.88 Å². The van der Waals surface area contributed by atoms with Gasteiger partial charge in [0.05, 0.1) is 11.8 Å². The molecule has 0 saturated carbocycles. The topological polar surface area (TPSA) is 64.4 Å². The SMILES string of the molecule is Cc1cccc(Oc2ncccc2NC(=O)c2ccoc2)c1C. The Kier molecular flexibility index (Phi) is 4.10. The highest BCUT2D eigenvalue weighted by Gasteiger charge is 2.13. The van der Waals surface area contributed by atoms with Crippen LogP contribution >= 0.6 is 0 Å². The van der Waals surface area contributed by atoms with Gasteiger partial charge in [-0.3, -0.25) is 4.79 Å². The summed E-state index contributed by atoms with van der Waals surface area (Å²) in [5, 5.41) is 2.78. The van der Waals surface area contributed by atoms with E-state index in [0.29, 0.717) is 22.9 Å². The normalized spacial score (nSPS) is 10.3. The Morgan fingerprint density at radius 2 is 2.04 bits per heavy atom. The molecule has 1 N–H and O–H groups in total. The molecular formula is C18H16N2O3. The van der Waals surface area contributed by atoms with Crippen LogP contribution in [0, 0.1) is 13.8 Å². The number of hydrogen-bond acceptors (Lipinski definition) is 4. The van der Waals surface area contributed by atoms with Crippen LogP contribution in [0.25, 0.3) is 0 Å². The first kappa shape index (κ1) is 14.8. The number of hydrogen-bond donors (Lipinski definition) is 1. The fraction of sp³-hybridized carbons (Fsp3) is 0.111. The zero-order chi connectivity index (χ0) is 16.2. The summed E-state index contributed by atoms with van der Waals surface area (Å²) in [7, 11) is 0. The largest absolute Gasteiger partial charge is 0.472 e. The minimum atomic E-state index is -0.280. The van der Waals surface area contributed by atoms with Gasteiger partial charge in [-0.05, 0) is 49.2 Å². The van der Waals surface area contributed by atoms with Crippen LogP contribution in [0.15, 0.2) is 59.5 Å². The van der Waals surface area contributed by atoms with Gasteiger partial charge < -0.3 is 14.5 Å². The van der Waals surface area contributed by atoms with Gasteiger partial charge in [-0.25, -0.2) is 4.98 Å². The standard InChI is InChI=1S/C18H16N2O3/c1-12-5-3-7-16(13(12)2)23-18-15(6-4-9-19-18)20-17(21)14-8-10-22-11-14/h3-11H,1-2H3,(H,20,21). The monoisotopic (exact) mass is 308 g/mol. The van der Waals surface area contributed by atoms with Crippen molar-refractivity contribution < 1.29 is 13.9 Å². The highest BCUT2D eigenvalue weighted by atomic mass is 16.5. The molecule has 0 saturated heterocycles. The van der Waals surface area contributed by atoms with Gasteiger partial charge in [0.1, 0.15) is 17.7 Å². The van der Waals surface area contributed by atoms with Crippen molar-refractivity contribution in [3.05, 3.63) is 71.8 Å². The number of carbonyl (C=O) groups excluding carboxylic acids is 1. The Hall–Kier alpha value is -3.08. The van der Waals surface area contributed by atoms with E-state index in [-0.39, 0.29) is 5.91 Å². The zero-order valence-electron chi connectivity index (χ0n) is 12.9. The van der Waals surface area contributed by atoms with E-state index in [9.17, 15) is 4.79 Å². The maximum Gasteiger partial charge on any atom is 0.259 e. The Balaban J connectivity index is 1.86. The minimum absolute atomic E-state index is 0.280. The van der Waals surface area contributed by atoms with Crippen LogP contribution in [0.2, 0.25) is 0 Å². The average Bonchev–Trinajstić information content (AvgIpc) is 3.08. The Labute approximate surface area is 133 Å². The molecule has 0 aliphatic heterocycles. The first-order valence-electron chi connectivity index (χ1n) is 7.18. The second-order valence-electron chi connectivity index (χ2n) is 5.12. The smallest absolute Gasteiger partial charge is 0.259 e. The van der Waals surface area contributed by atoms with Crippen LogP contribution in [0.3, 0.4) is 0 Å². The van der Waals surface area contributed by atoms with Crippen molar-refractivity contribution in [1.82, 2.24) is 4.98 Å². The quantitative estimate of drug-likeness (QED) is 0.779. The second kappa shape index (κ2) is 6.36. The van der Waals surface area contributed by atoms with Gasteiger partial charge in [-0.1, -0.05) is 12.1 Å². The third-order valence-corrected chi connectivity index (χ3v) is 3.56. The third-order valence-electron chi connectivity index (χ3n) is 3.56. The summed E-state index contributed by atoms with van der Waals surface area (Å²) in [5.41, 5.74) is 3.10. The number of aromatic nitrogens is 1. The molecule has 0 aliphatic rings. The van der Waals surface area contributed by atoms with Crippen molar-refractivity contribution >= 4 is 11.6 Å². The first-order chi connectivity index (χ1) is 11.1. The van der Waals surface area contributed by atoms with E-state index >= 15 is 0 Å². The van der Waals surface area contributed by atoms with Crippen LogP contribution in [0.1, 0.15) is 21.5 Å². The number of carbonyl (C=O) groups is 1. The summed E-state index contributed by atoms with van der Waals surface area (Å²) in [6.07, 6.45) is 4.45. The van der Waals surface area contributed by atoms with E-state index in [1.165, 1.54) is 12.5 Å². The van der Waals surface area contributed by atoms with Crippen LogP contribution in [-0.4, -0.2) is 10.9 Å². The number of furan rings is 1. The number of aryl methyl sites for hydroxylation is 1. The van der Waals surface area contributed by atoms with Crippen molar-refractivity contribution in [2.24, 2.45) is 0 Å². The maximum atomic E-state index is 12.1. The summed E-state index contributed by atoms with van der Waals surface area (Å²) in [4.78, 5) is 16.4. The molecule has 1 amide bonds. The second-order valence-corrected chi connectivity index (χ2v) is 5.12. The number of ether oxygens (including phenoxy) is 1. The van der Waals surface area contributed by atoms with E-state index in [0.717, 1.165) is 11.1 Å². The lowest BCUT2D eigenvalue weighted by Crippen LogP contribution is -2.12. The number of nitrogens with one attached hydrogen (secondary N) is 1. The Morgan fingerprint density at radius 1 is 1.17 bits per heavy atom. The van der Waals surface area contributed by atoms with Crippen LogP contribution < -0.4 is 10.1 Å². The summed E-state index contributed by atoms with van der Waals surface area (Å²) in [6, 6.07) is 10.9. The van der Waals surface area contributed by atoms with E-state index in [1.807, 2.05) is 32.0 Å². The predicted molar refractivity (Wildman–Crippen MR) is 86.9 cm³/mol. The molecule has 0 spiro atoms. The van der Waals surface area contributed by atoms with E-state index in [2.05, 4.69) is 10.3 Å². The van der Waals surface area contributed by atoms with Crippen molar-refractivity contribution in [1.29, 1.82) is 0 Å². The lowest BCUT2D eigenvalue weighted by molar-refractivity contribution is 0.102. The summed E-state index contributed by atoms with van der Waals surface area (Å²) >= 11 is 0. The minimum Gasteiger partial charge on any atom is -0.472 e. The van der Waals surface area contributed by atoms with Crippen molar-refractivity contribution in [3.8, 4) is 11.6 Å². The van der Waals surface area contributed by atoms with E-state index in [4.69, 9.17) is 9.15 Å². The fourth-order valence-corrected chi connectivity index (χ4v) is 2.09. The summed E-state index contributed by atoms with van der Waals surface area (Å²) in [5.74, 6) is 0.776. The van der Waals surface area contributed by atoms with Gasteiger partial charge in [0.15, 0.2) is 0 Å². The number of anilines is 1. The van der Waals surface area contributed by atoms with E-state index in [1.54, 1.807) is 24.4 Å². The van der Waals surface area contributed by atoms with Gasteiger partial charge in [0, 0.05) is 6.20 Å². The van der Waals surface area contributed by atoms with Gasteiger partial charge in [-0.2, -0.15) is 0 Å². The number of rotatable bonds is 4. The average molecular weight is 308 g/mol. The first-order valence-corrected chi connectivity index (χ1v) is 7.18. The molecule has 23 heavy (non-hydrogen) atoms.